The molecule has 0 aromatic heterocycles. The summed E-state index contributed by atoms with van der Waals surface area (Å²) in [6.07, 6.45) is 5.00. The molecule has 0 radical (unpaired) electrons. The van der Waals surface area contributed by atoms with E-state index in [0.717, 1.165) is 48.3 Å². The molecule has 2 saturated heterocycles. The van der Waals surface area contributed by atoms with E-state index in [0.29, 0.717) is 31.9 Å². The molecule has 1 aromatic rings. The molecule has 3 fully saturated rings. The summed E-state index contributed by atoms with van der Waals surface area (Å²) in [5, 5.41) is 2.89. The highest BCUT2D eigenvalue weighted by Gasteiger charge is 2.58. The highest BCUT2D eigenvalue weighted by Crippen LogP contribution is 2.45. The summed E-state index contributed by atoms with van der Waals surface area (Å²) in [6.45, 7) is 3.56. The molecule has 0 bridgehead atoms. The number of imide groups is 1. The van der Waals surface area contributed by atoms with Crippen LogP contribution < -0.4 is 14.8 Å². The molecular formula is C23H29N3O5. The Kier molecular flexibility index (Phi) is 5.02. The summed E-state index contributed by atoms with van der Waals surface area (Å²) in [6, 6.07) is 5.30. The van der Waals surface area contributed by atoms with Crippen LogP contribution in [0.1, 0.15) is 57.1 Å². The first-order valence-electron chi connectivity index (χ1n) is 11.4. The van der Waals surface area contributed by atoms with Gasteiger partial charge in [0.25, 0.3) is 5.91 Å². The van der Waals surface area contributed by atoms with Gasteiger partial charge >= 0.3 is 6.03 Å². The molecule has 8 nitrogen and oxygen atoms in total. The maximum atomic E-state index is 13.2. The van der Waals surface area contributed by atoms with Gasteiger partial charge in [-0.25, -0.2) is 4.79 Å². The fourth-order valence-electron chi connectivity index (χ4n) is 5.19. The van der Waals surface area contributed by atoms with Crippen molar-refractivity contribution >= 4 is 17.8 Å². The van der Waals surface area contributed by atoms with Crippen LogP contribution in [0.25, 0.3) is 0 Å². The number of nitrogens with one attached hydrogen (secondary N) is 1. The standard InChI is InChI=1S/C23H29N3O5/c1-2-23(16-7-8-16)21(28)26(22(29)24-23)14-20(27)25-10-3-5-17(25)15-6-9-18-19(13-15)31-12-4-11-30-18/h6,9,13,16-17H,2-5,7-8,10-12,14H2,1H3,(H,24,29)/t17-,23+/m0/s1. The zero-order valence-corrected chi connectivity index (χ0v) is 17.9. The molecule has 0 spiro atoms. The van der Waals surface area contributed by atoms with E-state index in [1.807, 2.05) is 25.1 Å². The Morgan fingerprint density at radius 2 is 1.90 bits per heavy atom. The summed E-state index contributed by atoms with van der Waals surface area (Å²) >= 11 is 0. The molecule has 4 amide bonds. The molecule has 1 N–H and O–H groups in total. The first-order chi connectivity index (χ1) is 15.0. The van der Waals surface area contributed by atoms with Gasteiger partial charge in [0, 0.05) is 13.0 Å². The Bertz CT molecular complexity index is 914. The molecule has 1 aromatic carbocycles. The van der Waals surface area contributed by atoms with Crippen molar-refractivity contribution in [1.29, 1.82) is 0 Å². The average molecular weight is 428 g/mol. The molecule has 0 unspecified atom stereocenters. The van der Waals surface area contributed by atoms with E-state index in [1.165, 1.54) is 0 Å². The summed E-state index contributed by atoms with van der Waals surface area (Å²) < 4.78 is 11.5. The van der Waals surface area contributed by atoms with Crippen LogP contribution in [-0.2, 0) is 9.59 Å². The number of benzene rings is 1. The second-order valence-electron chi connectivity index (χ2n) is 8.92. The zero-order chi connectivity index (χ0) is 21.6. The van der Waals surface area contributed by atoms with E-state index >= 15 is 0 Å². The Balaban J connectivity index is 1.32. The topological polar surface area (TPSA) is 88.2 Å². The van der Waals surface area contributed by atoms with Crippen LogP contribution >= 0.6 is 0 Å². The highest BCUT2D eigenvalue weighted by atomic mass is 16.5. The number of hydrogen-bond acceptors (Lipinski definition) is 5. The summed E-state index contributed by atoms with van der Waals surface area (Å²) in [4.78, 5) is 41.8. The van der Waals surface area contributed by atoms with Gasteiger partial charge in [0.1, 0.15) is 12.1 Å². The van der Waals surface area contributed by atoms with Crippen molar-refractivity contribution in [3.05, 3.63) is 23.8 Å². The quantitative estimate of drug-likeness (QED) is 0.730. The van der Waals surface area contributed by atoms with Gasteiger partial charge in [-0.15, -0.1) is 0 Å². The lowest BCUT2D eigenvalue weighted by molar-refractivity contribution is -0.140. The largest absolute Gasteiger partial charge is 0.490 e. The SMILES string of the molecule is CC[C@]1(C2CC2)NC(=O)N(CC(=O)N2CCC[C@H]2c2ccc3c(c2)OCCCO3)C1=O. The minimum atomic E-state index is -0.823. The maximum absolute atomic E-state index is 13.2. The van der Waals surface area contributed by atoms with Crippen molar-refractivity contribution in [2.45, 2.75) is 57.0 Å². The monoisotopic (exact) mass is 427 g/mol. The second kappa shape index (κ2) is 7.73. The molecule has 31 heavy (non-hydrogen) atoms. The van der Waals surface area contributed by atoms with Gasteiger partial charge in [0.05, 0.1) is 19.3 Å². The summed E-state index contributed by atoms with van der Waals surface area (Å²) in [5.41, 5.74) is 0.170. The molecule has 166 valence electrons. The van der Waals surface area contributed by atoms with Gasteiger partial charge in [-0.2, -0.15) is 0 Å². The predicted octanol–water partition coefficient (Wildman–Crippen LogP) is 2.62. The number of carbonyl (C=O) groups excluding carboxylic acids is 3. The Hall–Kier alpha value is -2.77. The fraction of sp³-hybridized carbons (Fsp3) is 0.609. The van der Waals surface area contributed by atoms with E-state index in [9.17, 15) is 14.4 Å². The van der Waals surface area contributed by atoms with Crippen molar-refractivity contribution in [2.75, 3.05) is 26.3 Å². The van der Waals surface area contributed by atoms with Crippen molar-refractivity contribution < 1.29 is 23.9 Å². The maximum Gasteiger partial charge on any atom is 0.325 e. The van der Waals surface area contributed by atoms with Crippen LogP contribution in [0.3, 0.4) is 0 Å². The molecular weight excluding hydrogens is 398 g/mol. The number of rotatable bonds is 5. The molecule has 8 heteroatoms. The highest BCUT2D eigenvalue weighted by molar-refractivity contribution is 6.09. The molecule has 1 saturated carbocycles. The second-order valence-corrected chi connectivity index (χ2v) is 8.92. The van der Waals surface area contributed by atoms with Gasteiger partial charge in [0.15, 0.2) is 11.5 Å². The van der Waals surface area contributed by atoms with Crippen molar-refractivity contribution in [3.63, 3.8) is 0 Å². The number of hydrogen-bond donors (Lipinski definition) is 1. The van der Waals surface area contributed by atoms with Crippen LogP contribution in [0.4, 0.5) is 4.79 Å². The fourth-order valence-corrected chi connectivity index (χ4v) is 5.19. The Labute approximate surface area is 181 Å². The molecule has 3 aliphatic heterocycles. The van der Waals surface area contributed by atoms with Crippen molar-refractivity contribution in [3.8, 4) is 11.5 Å². The molecule has 4 aliphatic rings. The third-order valence-corrected chi connectivity index (χ3v) is 7.06. The average Bonchev–Trinajstić information content (AvgIpc) is 3.51. The molecule has 2 atom stereocenters. The number of fused-ring (bicyclic) bond motifs is 1. The number of ether oxygens (including phenoxy) is 2. The number of urea groups is 1. The molecule has 1 aliphatic carbocycles. The van der Waals surface area contributed by atoms with E-state index in [2.05, 4.69) is 5.32 Å². The van der Waals surface area contributed by atoms with Crippen LogP contribution in [-0.4, -0.2) is 59.5 Å². The number of likely N-dealkylation sites (tertiary alicyclic amines) is 1. The lowest BCUT2D eigenvalue weighted by Gasteiger charge is -2.28. The first-order valence-corrected chi connectivity index (χ1v) is 11.4. The van der Waals surface area contributed by atoms with E-state index < -0.39 is 11.6 Å². The normalized spacial score (nSPS) is 28.0. The molecule has 3 heterocycles. The van der Waals surface area contributed by atoms with Crippen molar-refractivity contribution in [2.24, 2.45) is 5.92 Å². The summed E-state index contributed by atoms with van der Waals surface area (Å²) in [5.74, 6) is 1.19. The van der Waals surface area contributed by atoms with E-state index in [-0.39, 0.29) is 30.3 Å². The van der Waals surface area contributed by atoms with Crippen LogP contribution in [0.5, 0.6) is 11.5 Å². The predicted molar refractivity (Wildman–Crippen MR) is 112 cm³/mol. The van der Waals surface area contributed by atoms with Gasteiger partial charge in [-0.05, 0) is 55.7 Å². The lowest BCUT2D eigenvalue weighted by atomic mass is 9.90. The minimum Gasteiger partial charge on any atom is -0.490 e. The lowest BCUT2D eigenvalue weighted by Crippen LogP contribution is -2.49. The third kappa shape index (κ3) is 3.42. The van der Waals surface area contributed by atoms with Crippen LogP contribution in [0.2, 0.25) is 0 Å². The Morgan fingerprint density at radius 1 is 1.13 bits per heavy atom. The van der Waals surface area contributed by atoms with Crippen molar-refractivity contribution in [1.82, 2.24) is 15.1 Å². The minimum absolute atomic E-state index is 0.0928. The molecule has 5 rings (SSSR count). The van der Waals surface area contributed by atoms with Gasteiger partial charge < -0.3 is 19.7 Å². The van der Waals surface area contributed by atoms with Gasteiger partial charge in [-0.3, -0.25) is 14.5 Å². The van der Waals surface area contributed by atoms with Gasteiger partial charge in [0.2, 0.25) is 5.91 Å². The number of carbonyl (C=O) groups is 3. The van der Waals surface area contributed by atoms with E-state index in [4.69, 9.17) is 9.47 Å². The zero-order valence-electron chi connectivity index (χ0n) is 17.9. The van der Waals surface area contributed by atoms with Crippen LogP contribution in [0.15, 0.2) is 18.2 Å². The van der Waals surface area contributed by atoms with Gasteiger partial charge in [-0.1, -0.05) is 13.0 Å². The third-order valence-electron chi connectivity index (χ3n) is 7.06. The summed E-state index contributed by atoms with van der Waals surface area (Å²) in [7, 11) is 0. The smallest absolute Gasteiger partial charge is 0.325 e. The number of amides is 4. The van der Waals surface area contributed by atoms with E-state index in [1.54, 1.807) is 4.90 Å². The Morgan fingerprint density at radius 3 is 2.65 bits per heavy atom. The first kappa shape index (κ1) is 20.2. The van der Waals surface area contributed by atoms with Crippen LogP contribution in [0, 0.1) is 5.92 Å². The number of nitrogens with zero attached hydrogens (tertiary/aromatic N) is 2.